The summed E-state index contributed by atoms with van der Waals surface area (Å²) in [6, 6.07) is 15.9. The highest BCUT2D eigenvalue weighted by atomic mass is 79.9. The molecule has 0 aliphatic carbocycles. The van der Waals surface area contributed by atoms with Crippen molar-refractivity contribution < 1.29 is 4.79 Å². The van der Waals surface area contributed by atoms with Crippen molar-refractivity contribution >= 4 is 21.7 Å². The summed E-state index contributed by atoms with van der Waals surface area (Å²) in [7, 11) is 0. The zero-order valence-electron chi connectivity index (χ0n) is 11.1. The van der Waals surface area contributed by atoms with Gasteiger partial charge in [0.25, 0.3) is 0 Å². The Balaban J connectivity index is 1.87. The van der Waals surface area contributed by atoms with Gasteiger partial charge in [-0.1, -0.05) is 34.1 Å². The van der Waals surface area contributed by atoms with Gasteiger partial charge in [-0.25, -0.2) is 0 Å². The molecule has 0 spiro atoms. The fraction of sp³-hybridized carbons (Fsp3) is 0.235. The lowest BCUT2D eigenvalue weighted by molar-refractivity contribution is 0.103. The van der Waals surface area contributed by atoms with Crippen LogP contribution in [0.2, 0.25) is 0 Å². The van der Waals surface area contributed by atoms with Crippen molar-refractivity contribution in [2.45, 2.75) is 18.9 Å². The van der Waals surface area contributed by atoms with E-state index in [0.717, 1.165) is 28.6 Å². The summed E-state index contributed by atoms with van der Waals surface area (Å²) in [5.74, 6) is 0.0809. The first kappa shape index (κ1) is 13.5. The first-order chi connectivity index (χ1) is 9.74. The summed E-state index contributed by atoms with van der Waals surface area (Å²) in [4.78, 5) is 12.5. The SMILES string of the molecule is O=C(c1ccc(Br)cc1)c1cccc([C@H]2CCCN2)c1. The molecule has 1 fully saturated rings. The third kappa shape index (κ3) is 2.84. The maximum Gasteiger partial charge on any atom is 0.193 e. The molecule has 3 rings (SSSR count). The molecule has 2 nitrogen and oxygen atoms in total. The summed E-state index contributed by atoms with van der Waals surface area (Å²) in [6.07, 6.45) is 2.35. The molecule has 102 valence electrons. The topological polar surface area (TPSA) is 29.1 Å². The highest BCUT2D eigenvalue weighted by molar-refractivity contribution is 9.10. The third-order valence-corrected chi connectivity index (χ3v) is 4.25. The first-order valence-electron chi connectivity index (χ1n) is 6.87. The van der Waals surface area contributed by atoms with Crippen LogP contribution in [0.25, 0.3) is 0 Å². The lowest BCUT2D eigenvalue weighted by Crippen LogP contribution is -2.13. The standard InChI is InChI=1S/C17H16BrNO/c18-15-8-6-12(7-9-15)17(20)14-4-1-3-13(11-14)16-5-2-10-19-16/h1,3-4,6-9,11,16,19H,2,5,10H2/t16-/m1/s1. The number of benzene rings is 2. The number of hydrogen-bond donors (Lipinski definition) is 1. The number of carbonyl (C=O) groups is 1. The number of carbonyl (C=O) groups excluding carboxylic acids is 1. The van der Waals surface area contributed by atoms with Crippen molar-refractivity contribution in [2.24, 2.45) is 0 Å². The normalized spacial score (nSPS) is 18.1. The van der Waals surface area contributed by atoms with E-state index in [0.29, 0.717) is 6.04 Å². The highest BCUT2D eigenvalue weighted by Gasteiger charge is 2.17. The molecule has 0 amide bonds. The number of ketones is 1. The van der Waals surface area contributed by atoms with Gasteiger partial charge in [-0.05, 0) is 55.3 Å². The lowest BCUT2D eigenvalue weighted by Gasteiger charge is -2.11. The molecule has 20 heavy (non-hydrogen) atoms. The lowest BCUT2D eigenvalue weighted by atomic mass is 9.98. The van der Waals surface area contributed by atoms with Gasteiger partial charge in [0.05, 0.1) is 0 Å². The molecule has 1 N–H and O–H groups in total. The minimum Gasteiger partial charge on any atom is -0.310 e. The second-order valence-electron chi connectivity index (χ2n) is 5.11. The minimum absolute atomic E-state index is 0.0809. The number of hydrogen-bond acceptors (Lipinski definition) is 2. The van der Waals surface area contributed by atoms with Gasteiger partial charge in [-0.2, -0.15) is 0 Å². The van der Waals surface area contributed by atoms with Gasteiger partial charge in [-0.15, -0.1) is 0 Å². The largest absolute Gasteiger partial charge is 0.310 e. The smallest absolute Gasteiger partial charge is 0.193 e. The van der Waals surface area contributed by atoms with Crippen LogP contribution in [-0.2, 0) is 0 Å². The van der Waals surface area contributed by atoms with E-state index in [4.69, 9.17) is 0 Å². The van der Waals surface area contributed by atoms with E-state index >= 15 is 0 Å². The van der Waals surface area contributed by atoms with Crippen LogP contribution in [0.3, 0.4) is 0 Å². The van der Waals surface area contributed by atoms with Crippen LogP contribution < -0.4 is 5.32 Å². The minimum atomic E-state index is 0.0809. The molecule has 0 saturated carbocycles. The molecular weight excluding hydrogens is 314 g/mol. The predicted octanol–water partition coefficient (Wildman–Crippen LogP) is 4.10. The molecule has 2 aromatic rings. The summed E-state index contributed by atoms with van der Waals surface area (Å²) in [6.45, 7) is 1.07. The zero-order valence-corrected chi connectivity index (χ0v) is 12.7. The highest BCUT2D eigenvalue weighted by Crippen LogP contribution is 2.24. The van der Waals surface area contributed by atoms with Gasteiger partial charge in [0.15, 0.2) is 5.78 Å². The van der Waals surface area contributed by atoms with E-state index in [1.165, 1.54) is 12.0 Å². The fourth-order valence-electron chi connectivity index (χ4n) is 2.63. The maximum absolute atomic E-state index is 12.5. The van der Waals surface area contributed by atoms with Crippen LogP contribution in [0.5, 0.6) is 0 Å². The molecule has 2 aromatic carbocycles. The molecule has 1 aliphatic rings. The molecule has 1 atom stereocenters. The summed E-state index contributed by atoms with van der Waals surface area (Å²) in [5, 5.41) is 3.47. The number of halogens is 1. The van der Waals surface area contributed by atoms with Gasteiger partial charge in [0.1, 0.15) is 0 Å². The Morgan fingerprint density at radius 1 is 1.10 bits per heavy atom. The van der Waals surface area contributed by atoms with Gasteiger partial charge >= 0.3 is 0 Å². The van der Waals surface area contributed by atoms with Crippen molar-refractivity contribution in [3.63, 3.8) is 0 Å². The predicted molar refractivity (Wildman–Crippen MR) is 84.0 cm³/mol. The van der Waals surface area contributed by atoms with Crippen LogP contribution in [-0.4, -0.2) is 12.3 Å². The Morgan fingerprint density at radius 2 is 1.90 bits per heavy atom. The van der Waals surface area contributed by atoms with Gasteiger partial charge in [-0.3, -0.25) is 4.79 Å². The van der Waals surface area contributed by atoms with E-state index in [-0.39, 0.29) is 5.78 Å². The fourth-order valence-corrected chi connectivity index (χ4v) is 2.90. The molecule has 0 aromatic heterocycles. The van der Waals surface area contributed by atoms with Gasteiger partial charge in [0, 0.05) is 21.6 Å². The summed E-state index contributed by atoms with van der Waals surface area (Å²) < 4.78 is 0.984. The van der Waals surface area contributed by atoms with Gasteiger partial charge < -0.3 is 5.32 Å². The van der Waals surface area contributed by atoms with E-state index in [1.54, 1.807) is 0 Å². The van der Waals surface area contributed by atoms with Crippen LogP contribution >= 0.6 is 15.9 Å². The van der Waals surface area contributed by atoms with Crippen LogP contribution in [0.4, 0.5) is 0 Å². The average molecular weight is 330 g/mol. The van der Waals surface area contributed by atoms with Crippen molar-refractivity contribution in [3.05, 3.63) is 69.7 Å². The molecule has 1 saturated heterocycles. The zero-order chi connectivity index (χ0) is 13.9. The molecule has 0 bridgehead atoms. The van der Waals surface area contributed by atoms with E-state index in [9.17, 15) is 4.79 Å². The van der Waals surface area contributed by atoms with Crippen molar-refractivity contribution in [2.75, 3.05) is 6.54 Å². The van der Waals surface area contributed by atoms with Crippen LogP contribution in [0, 0.1) is 0 Å². The van der Waals surface area contributed by atoms with Gasteiger partial charge in [0.2, 0.25) is 0 Å². The summed E-state index contributed by atoms with van der Waals surface area (Å²) >= 11 is 3.39. The molecule has 0 radical (unpaired) electrons. The Labute approximate surface area is 127 Å². The summed E-state index contributed by atoms with van der Waals surface area (Å²) in [5.41, 5.74) is 2.70. The third-order valence-electron chi connectivity index (χ3n) is 3.72. The quantitative estimate of drug-likeness (QED) is 0.859. The molecule has 1 aliphatic heterocycles. The monoisotopic (exact) mass is 329 g/mol. The molecule has 1 heterocycles. The second-order valence-corrected chi connectivity index (χ2v) is 6.03. The molecular formula is C17H16BrNO. The Morgan fingerprint density at radius 3 is 2.60 bits per heavy atom. The Hall–Kier alpha value is -1.45. The van der Waals surface area contributed by atoms with Crippen LogP contribution in [0.1, 0.15) is 40.4 Å². The second kappa shape index (κ2) is 5.90. The van der Waals surface area contributed by atoms with E-state index < -0.39 is 0 Å². The van der Waals surface area contributed by atoms with Crippen molar-refractivity contribution in [1.82, 2.24) is 5.32 Å². The van der Waals surface area contributed by atoms with E-state index in [2.05, 4.69) is 27.3 Å². The number of rotatable bonds is 3. The van der Waals surface area contributed by atoms with Crippen molar-refractivity contribution in [3.8, 4) is 0 Å². The first-order valence-corrected chi connectivity index (χ1v) is 7.67. The average Bonchev–Trinajstić information content (AvgIpc) is 3.02. The van der Waals surface area contributed by atoms with E-state index in [1.807, 2.05) is 42.5 Å². The van der Waals surface area contributed by atoms with Crippen molar-refractivity contribution in [1.29, 1.82) is 0 Å². The maximum atomic E-state index is 12.5. The Kier molecular flexibility index (Phi) is 3.99. The van der Waals surface area contributed by atoms with Crippen LogP contribution in [0.15, 0.2) is 53.0 Å². The number of nitrogens with one attached hydrogen (secondary N) is 1. The Bertz CT molecular complexity index is 615. The molecule has 0 unspecified atom stereocenters. The molecule has 3 heteroatoms.